The molecular formula is C11H13NO. The molecule has 0 spiro atoms. The zero-order valence-electron chi connectivity index (χ0n) is 7.73. The first kappa shape index (κ1) is 8.45. The standard InChI is InChI=1S/C11H13NO/c1-12-7-10-5-3-2-4-9(10)6-11(12)8-13/h2-5,8,11H,6-7H2,1H3. The minimum absolute atomic E-state index is 0.0647. The Morgan fingerprint density at radius 3 is 2.77 bits per heavy atom. The van der Waals surface area contributed by atoms with Crippen LogP contribution in [0.5, 0.6) is 0 Å². The zero-order valence-corrected chi connectivity index (χ0v) is 7.73. The zero-order chi connectivity index (χ0) is 9.26. The molecule has 0 radical (unpaired) electrons. The summed E-state index contributed by atoms with van der Waals surface area (Å²) in [4.78, 5) is 12.8. The minimum atomic E-state index is 0.0647. The van der Waals surface area contributed by atoms with Crippen molar-refractivity contribution in [3.8, 4) is 0 Å². The van der Waals surface area contributed by atoms with Crippen molar-refractivity contribution in [2.24, 2.45) is 0 Å². The van der Waals surface area contributed by atoms with Gasteiger partial charge in [-0.05, 0) is 24.6 Å². The van der Waals surface area contributed by atoms with Crippen LogP contribution in [0.15, 0.2) is 24.3 Å². The van der Waals surface area contributed by atoms with E-state index in [1.165, 1.54) is 11.1 Å². The molecular weight excluding hydrogens is 162 g/mol. The molecule has 0 fully saturated rings. The highest BCUT2D eigenvalue weighted by Gasteiger charge is 2.21. The first-order chi connectivity index (χ1) is 6.31. The molecule has 1 atom stereocenters. The smallest absolute Gasteiger partial charge is 0.137 e. The Morgan fingerprint density at radius 1 is 1.38 bits per heavy atom. The van der Waals surface area contributed by atoms with Crippen molar-refractivity contribution in [2.45, 2.75) is 19.0 Å². The fourth-order valence-electron chi connectivity index (χ4n) is 1.83. The predicted molar refractivity (Wildman–Crippen MR) is 51.5 cm³/mol. The van der Waals surface area contributed by atoms with E-state index in [9.17, 15) is 4.79 Å². The third-order valence-corrected chi connectivity index (χ3v) is 2.69. The molecule has 0 saturated heterocycles. The quantitative estimate of drug-likeness (QED) is 0.598. The summed E-state index contributed by atoms with van der Waals surface area (Å²) in [5, 5.41) is 0. The molecule has 0 aromatic heterocycles. The van der Waals surface area contributed by atoms with Gasteiger partial charge >= 0.3 is 0 Å². The van der Waals surface area contributed by atoms with E-state index in [1.54, 1.807) is 0 Å². The fraction of sp³-hybridized carbons (Fsp3) is 0.364. The summed E-state index contributed by atoms with van der Waals surface area (Å²) in [5.74, 6) is 0. The summed E-state index contributed by atoms with van der Waals surface area (Å²) in [5.41, 5.74) is 2.67. The van der Waals surface area contributed by atoms with Crippen LogP contribution >= 0.6 is 0 Å². The Hall–Kier alpha value is -1.15. The summed E-state index contributed by atoms with van der Waals surface area (Å²) in [6, 6.07) is 8.39. The van der Waals surface area contributed by atoms with Crippen LogP contribution in [0.1, 0.15) is 11.1 Å². The second-order valence-electron chi connectivity index (χ2n) is 3.59. The molecule has 0 bridgehead atoms. The number of carbonyl (C=O) groups excluding carboxylic acids is 1. The van der Waals surface area contributed by atoms with Crippen LogP contribution in [0, 0.1) is 0 Å². The monoisotopic (exact) mass is 175 g/mol. The predicted octanol–water partition coefficient (Wildman–Crippen LogP) is 1.24. The molecule has 68 valence electrons. The van der Waals surface area contributed by atoms with Crippen LogP contribution in [0.25, 0.3) is 0 Å². The minimum Gasteiger partial charge on any atom is -0.302 e. The van der Waals surface area contributed by atoms with Crippen LogP contribution in [-0.2, 0) is 17.8 Å². The molecule has 1 aliphatic rings. The van der Waals surface area contributed by atoms with E-state index >= 15 is 0 Å². The van der Waals surface area contributed by atoms with Crippen LogP contribution in [0.3, 0.4) is 0 Å². The Balaban J connectivity index is 2.32. The van der Waals surface area contributed by atoms with Crippen molar-refractivity contribution in [3.63, 3.8) is 0 Å². The molecule has 2 nitrogen and oxygen atoms in total. The van der Waals surface area contributed by atoms with E-state index in [2.05, 4.69) is 17.0 Å². The van der Waals surface area contributed by atoms with E-state index in [4.69, 9.17) is 0 Å². The summed E-state index contributed by atoms with van der Waals surface area (Å²) in [7, 11) is 2.00. The van der Waals surface area contributed by atoms with Gasteiger partial charge in [-0.3, -0.25) is 4.90 Å². The first-order valence-corrected chi connectivity index (χ1v) is 4.53. The molecule has 0 N–H and O–H groups in total. The van der Waals surface area contributed by atoms with Gasteiger partial charge in [0.25, 0.3) is 0 Å². The first-order valence-electron chi connectivity index (χ1n) is 4.53. The van der Waals surface area contributed by atoms with Gasteiger partial charge in [0.05, 0.1) is 6.04 Å². The van der Waals surface area contributed by atoms with Crippen molar-refractivity contribution in [1.82, 2.24) is 4.90 Å². The SMILES string of the molecule is CN1Cc2ccccc2CC1C=O. The number of nitrogens with zero attached hydrogens (tertiary/aromatic N) is 1. The summed E-state index contributed by atoms with van der Waals surface area (Å²) < 4.78 is 0. The average Bonchev–Trinajstić information content (AvgIpc) is 2.17. The summed E-state index contributed by atoms with van der Waals surface area (Å²) in [6.07, 6.45) is 1.89. The van der Waals surface area contributed by atoms with Crippen molar-refractivity contribution in [1.29, 1.82) is 0 Å². The lowest BCUT2D eigenvalue weighted by molar-refractivity contribution is -0.112. The maximum atomic E-state index is 10.7. The summed E-state index contributed by atoms with van der Waals surface area (Å²) in [6.45, 7) is 0.888. The molecule has 2 rings (SSSR count). The molecule has 1 unspecified atom stereocenters. The van der Waals surface area contributed by atoms with Crippen molar-refractivity contribution in [3.05, 3.63) is 35.4 Å². The van der Waals surface area contributed by atoms with Crippen LogP contribution in [0.2, 0.25) is 0 Å². The second kappa shape index (κ2) is 3.30. The second-order valence-corrected chi connectivity index (χ2v) is 3.59. The van der Waals surface area contributed by atoms with Crippen molar-refractivity contribution in [2.75, 3.05) is 7.05 Å². The molecule has 0 aliphatic carbocycles. The highest BCUT2D eigenvalue weighted by atomic mass is 16.1. The number of rotatable bonds is 1. The van der Waals surface area contributed by atoms with Gasteiger partial charge in [0.15, 0.2) is 0 Å². The lowest BCUT2D eigenvalue weighted by atomic mass is 9.95. The number of hydrogen-bond donors (Lipinski definition) is 0. The number of fused-ring (bicyclic) bond motifs is 1. The maximum Gasteiger partial charge on any atom is 0.137 e. The van der Waals surface area contributed by atoms with Crippen molar-refractivity contribution >= 4 is 6.29 Å². The van der Waals surface area contributed by atoms with E-state index < -0.39 is 0 Å². The van der Waals surface area contributed by atoms with Crippen LogP contribution < -0.4 is 0 Å². The molecule has 1 aromatic carbocycles. The van der Waals surface area contributed by atoms with Gasteiger partial charge in [0.2, 0.25) is 0 Å². The molecule has 13 heavy (non-hydrogen) atoms. The number of benzene rings is 1. The normalized spacial score (nSPS) is 22.4. The third-order valence-electron chi connectivity index (χ3n) is 2.69. The molecule has 0 saturated carbocycles. The van der Waals surface area contributed by atoms with E-state index in [-0.39, 0.29) is 6.04 Å². The van der Waals surface area contributed by atoms with Gasteiger partial charge in [0.1, 0.15) is 6.29 Å². The van der Waals surface area contributed by atoms with Gasteiger partial charge in [0, 0.05) is 6.54 Å². The van der Waals surface area contributed by atoms with Gasteiger partial charge in [-0.25, -0.2) is 0 Å². The number of carbonyl (C=O) groups is 1. The fourth-order valence-corrected chi connectivity index (χ4v) is 1.83. The molecule has 1 aromatic rings. The number of likely N-dealkylation sites (N-methyl/N-ethyl adjacent to an activating group) is 1. The third kappa shape index (κ3) is 1.49. The van der Waals surface area contributed by atoms with E-state index in [0.29, 0.717) is 0 Å². The molecule has 0 amide bonds. The Kier molecular flexibility index (Phi) is 2.15. The van der Waals surface area contributed by atoms with E-state index in [1.807, 2.05) is 19.2 Å². The van der Waals surface area contributed by atoms with E-state index in [0.717, 1.165) is 19.3 Å². The Bertz CT molecular complexity index is 322. The lowest BCUT2D eigenvalue weighted by Crippen LogP contribution is -2.38. The highest BCUT2D eigenvalue weighted by Crippen LogP contribution is 2.20. The molecule has 2 heteroatoms. The molecule has 1 heterocycles. The van der Waals surface area contributed by atoms with Crippen LogP contribution in [-0.4, -0.2) is 24.3 Å². The average molecular weight is 175 g/mol. The largest absolute Gasteiger partial charge is 0.302 e. The van der Waals surface area contributed by atoms with Crippen LogP contribution in [0.4, 0.5) is 0 Å². The van der Waals surface area contributed by atoms with Gasteiger partial charge < -0.3 is 4.79 Å². The Labute approximate surface area is 78.2 Å². The number of hydrogen-bond acceptors (Lipinski definition) is 2. The topological polar surface area (TPSA) is 20.3 Å². The highest BCUT2D eigenvalue weighted by molar-refractivity contribution is 5.59. The van der Waals surface area contributed by atoms with Gasteiger partial charge in [-0.15, -0.1) is 0 Å². The number of aldehydes is 1. The van der Waals surface area contributed by atoms with Gasteiger partial charge in [-0.1, -0.05) is 24.3 Å². The maximum absolute atomic E-state index is 10.7. The lowest BCUT2D eigenvalue weighted by Gasteiger charge is -2.30. The summed E-state index contributed by atoms with van der Waals surface area (Å²) >= 11 is 0. The van der Waals surface area contributed by atoms with Crippen molar-refractivity contribution < 1.29 is 4.79 Å². The Morgan fingerprint density at radius 2 is 2.08 bits per heavy atom. The molecule has 1 aliphatic heterocycles. The van der Waals surface area contributed by atoms with Gasteiger partial charge in [-0.2, -0.15) is 0 Å².